The number of aromatic nitrogens is 2. The van der Waals surface area contributed by atoms with Crippen molar-refractivity contribution in [2.45, 2.75) is 0 Å². The number of hydrogen-bond donors (Lipinski definition) is 0. The zero-order chi connectivity index (χ0) is 32.8. The lowest BCUT2D eigenvalue weighted by atomic mass is 9.89. The molecular formula is C46H26N2O2. The second-order valence-electron chi connectivity index (χ2n) is 12.8. The van der Waals surface area contributed by atoms with Crippen molar-refractivity contribution in [3.8, 4) is 33.5 Å². The third-order valence-electron chi connectivity index (χ3n) is 10.1. The van der Waals surface area contributed by atoms with E-state index in [0.717, 1.165) is 99.2 Å². The Morgan fingerprint density at radius 1 is 0.360 bits per heavy atom. The maximum absolute atomic E-state index is 6.69. The molecule has 3 heterocycles. The van der Waals surface area contributed by atoms with Crippen molar-refractivity contribution in [3.63, 3.8) is 0 Å². The van der Waals surface area contributed by atoms with Crippen molar-refractivity contribution in [2.24, 2.45) is 0 Å². The maximum Gasteiger partial charge on any atom is 0.147 e. The van der Waals surface area contributed by atoms with E-state index < -0.39 is 0 Å². The van der Waals surface area contributed by atoms with E-state index in [9.17, 15) is 0 Å². The highest BCUT2D eigenvalue weighted by molar-refractivity contribution is 6.24. The van der Waals surface area contributed by atoms with Crippen molar-refractivity contribution in [3.05, 3.63) is 158 Å². The lowest BCUT2D eigenvalue weighted by molar-refractivity contribution is 0.658. The Balaban J connectivity index is 1.20. The van der Waals surface area contributed by atoms with Crippen LogP contribution in [0.4, 0.5) is 0 Å². The minimum atomic E-state index is 0.812. The number of hydrogen-bond acceptors (Lipinski definition) is 4. The molecule has 0 N–H and O–H groups in total. The first-order chi connectivity index (χ1) is 24.8. The van der Waals surface area contributed by atoms with E-state index in [2.05, 4.69) is 127 Å². The standard InChI is InChI=1S/C46H26N2O2/c1-5-17-31(39-26-47-43-35-21-7-3-15-29(35)30-16-4-8-22-36(30)44(43)48-39)27(13-1)28-14-2-6-20-34(28)42-45-37(32-18-9-11-23-40(32)49-45)25-38-33-19-10-12-24-41(33)50-46(38)42/h1-26H. The number of furan rings is 2. The van der Waals surface area contributed by atoms with Gasteiger partial charge in [-0.05, 0) is 45.7 Å². The van der Waals surface area contributed by atoms with Crippen LogP contribution >= 0.6 is 0 Å². The SMILES string of the molecule is c1ccc(-c2ccccc2-c2c3oc4ccccc4c3cc3c2oc2ccccc23)c(-c2cnc3c4ccccc4c4ccccc4c3n2)c1. The molecule has 50 heavy (non-hydrogen) atoms. The van der Waals surface area contributed by atoms with E-state index in [1.165, 1.54) is 10.8 Å². The minimum absolute atomic E-state index is 0.812. The van der Waals surface area contributed by atoms with Gasteiger partial charge < -0.3 is 8.83 Å². The quantitative estimate of drug-likeness (QED) is 0.181. The summed E-state index contributed by atoms with van der Waals surface area (Å²) in [6.45, 7) is 0. The molecule has 0 radical (unpaired) electrons. The molecule has 0 fully saturated rings. The normalized spacial score (nSPS) is 12.0. The molecule has 0 aliphatic carbocycles. The fourth-order valence-electron chi connectivity index (χ4n) is 7.91. The molecule has 232 valence electrons. The van der Waals surface area contributed by atoms with Gasteiger partial charge in [0.25, 0.3) is 0 Å². The molecule has 4 heteroatoms. The van der Waals surface area contributed by atoms with Crippen molar-refractivity contribution >= 4 is 76.5 Å². The van der Waals surface area contributed by atoms with Crippen LogP contribution in [0.5, 0.6) is 0 Å². The second-order valence-corrected chi connectivity index (χ2v) is 12.8. The van der Waals surface area contributed by atoms with Gasteiger partial charge in [-0.15, -0.1) is 0 Å². The van der Waals surface area contributed by atoms with Gasteiger partial charge >= 0.3 is 0 Å². The number of para-hydroxylation sites is 2. The van der Waals surface area contributed by atoms with E-state index in [1.807, 2.05) is 30.5 Å². The topological polar surface area (TPSA) is 52.1 Å². The zero-order valence-corrected chi connectivity index (χ0v) is 26.7. The van der Waals surface area contributed by atoms with Gasteiger partial charge in [-0.25, -0.2) is 4.98 Å². The number of benzene rings is 8. The summed E-state index contributed by atoms with van der Waals surface area (Å²) in [4.78, 5) is 10.5. The second kappa shape index (κ2) is 10.4. The van der Waals surface area contributed by atoms with E-state index in [4.69, 9.17) is 18.8 Å². The molecule has 0 saturated carbocycles. The van der Waals surface area contributed by atoms with E-state index in [-0.39, 0.29) is 0 Å². The Morgan fingerprint density at radius 2 is 0.800 bits per heavy atom. The molecule has 11 aromatic rings. The number of nitrogens with zero attached hydrogens (tertiary/aromatic N) is 2. The zero-order valence-electron chi connectivity index (χ0n) is 26.7. The lowest BCUT2D eigenvalue weighted by Crippen LogP contribution is -1.95. The molecule has 0 atom stereocenters. The third kappa shape index (κ3) is 3.81. The highest BCUT2D eigenvalue weighted by Crippen LogP contribution is 2.48. The van der Waals surface area contributed by atoms with Gasteiger partial charge in [0.05, 0.1) is 28.5 Å². The molecule has 0 aliphatic rings. The largest absolute Gasteiger partial charge is 0.455 e. The first-order valence-corrected chi connectivity index (χ1v) is 16.8. The van der Waals surface area contributed by atoms with Crippen LogP contribution in [-0.2, 0) is 0 Å². The lowest BCUT2D eigenvalue weighted by Gasteiger charge is -2.15. The Hall–Kier alpha value is -6.78. The van der Waals surface area contributed by atoms with Crippen molar-refractivity contribution in [1.29, 1.82) is 0 Å². The molecule has 3 aromatic heterocycles. The molecule has 11 rings (SSSR count). The summed E-state index contributed by atoms with van der Waals surface area (Å²) in [6.07, 6.45) is 1.92. The maximum atomic E-state index is 6.69. The van der Waals surface area contributed by atoms with E-state index >= 15 is 0 Å². The smallest absolute Gasteiger partial charge is 0.147 e. The summed E-state index contributed by atoms with van der Waals surface area (Å²) in [6, 6.07) is 52.7. The summed E-state index contributed by atoms with van der Waals surface area (Å²) < 4.78 is 13.4. The van der Waals surface area contributed by atoms with Crippen LogP contribution < -0.4 is 0 Å². The third-order valence-corrected chi connectivity index (χ3v) is 10.1. The highest BCUT2D eigenvalue weighted by Gasteiger charge is 2.24. The molecule has 0 spiro atoms. The molecule has 0 unspecified atom stereocenters. The predicted molar refractivity (Wildman–Crippen MR) is 205 cm³/mol. The number of rotatable bonds is 3. The Morgan fingerprint density at radius 3 is 1.40 bits per heavy atom. The van der Waals surface area contributed by atoms with Gasteiger partial charge in [-0.2, -0.15) is 0 Å². The average molecular weight is 639 g/mol. The van der Waals surface area contributed by atoms with Crippen molar-refractivity contribution in [1.82, 2.24) is 9.97 Å². The van der Waals surface area contributed by atoms with Crippen LogP contribution in [0.3, 0.4) is 0 Å². The van der Waals surface area contributed by atoms with Gasteiger partial charge in [-0.1, -0.05) is 133 Å². The van der Waals surface area contributed by atoms with Crippen molar-refractivity contribution in [2.75, 3.05) is 0 Å². The van der Waals surface area contributed by atoms with Crippen molar-refractivity contribution < 1.29 is 8.83 Å². The Kier molecular flexibility index (Phi) is 5.63. The molecule has 0 bridgehead atoms. The first-order valence-electron chi connectivity index (χ1n) is 16.8. The van der Waals surface area contributed by atoms with Gasteiger partial charge in [0, 0.05) is 37.9 Å². The molecule has 0 aliphatic heterocycles. The average Bonchev–Trinajstić information content (AvgIpc) is 3.75. The first kappa shape index (κ1) is 27.2. The number of fused-ring (bicyclic) bond motifs is 12. The van der Waals surface area contributed by atoms with E-state index in [1.54, 1.807) is 0 Å². The molecule has 0 saturated heterocycles. The minimum Gasteiger partial charge on any atom is -0.455 e. The Bertz CT molecular complexity index is 3040. The fourth-order valence-corrected chi connectivity index (χ4v) is 7.91. The summed E-state index contributed by atoms with van der Waals surface area (Å²) in [5.41, 5.74) is 11.0. The predicted octanol–water partition coefficient (Wildman–Crippen LogP) is 12.7. The van der Waals surface area contributed by atoms with Crippen LogP contribution in [0.1, 0.15) is 0 Å². The summed E-state index contributed by atoms with van der Waals surface area (Å²) in [5, 5.41) is 8.86. The van der Waals surface area contributed by atoms with Gasteiger partial charge in [-0.3, -0.25) is 4.98 Å². The summed E-state index contributed by atoms with van der Waals surface area (Å²) in [5.74, 6) is 0. The Labute approximate surface area is 285 Å². The molecular weight excluding hydrogens is 613 g/mol. The highest BCUT2D eigenvalue weighted by atomic mass is 16.3. The van der Waals surface area contributed by atoms with Crippen LogP contribution in [0.2, 0.25) is 0 Å². The summed E-state index contributed by atoms with van der Waals surface area (Å²) in [7, 11) is 0. The van der Waals surface area contributed by atoms with E-state index in [0.29, 0.717) is 0 Å². The molecule has 4 nitrogen and oxygen atoms in total. The molecule has 0 amide bonds. The monoisotopic (exact) mass is 638 g/mol. The molecule has 8 aromatic carbocycles. The van der Waals surface area contributed by atoms with Gasteiger partial charge in [0.1, 0.15) is 22.3 Å². The van der Waals surface area contributed by atoms with Crippen LogP contribution in [-0.4, -0.2) is 9.97 Å². The van der Waals surface area contributed by atoms with Gasteiger partial charge in [0.15, 0.2) is 0 Å². The van der Waals surface area contributed by atoms with Crippen LogP contribution in [0.25, 0.3) is 110 Å². The summed E-state index contributed by atoms with van der Waals surface area (Å²) >= 11 is 0. The fraction of sp³-hybridized carbons (Fsp3) is 0. The van der Waals surface area contributed by atoms with Crippen LogP contribution in [0.15, 0.2) is 167 Å². The van der Waals surface area contributed by atoms with Crippen LogP contribution in [0, 0.1) is 0 Å². The van der Waals surface area contributed by atoms with Gasteiger partial charge in [0.2, 0.25) is 0 Å².